The number of hydrogen-bond acceptors (Lipinski definition) is 6. The molecule has 0 spiro atoms. The molecule has 0 atom stereocenters. The number of nitrogens with zero attached hydrogens (tertiary/aromatic N) is 1. The van der Waals surface area contributed by atoms with Crippen molar-refractivity contribution >= 4 is 38.2 Å². The van der Waals surface area contributed by atoms with Gasteiger partial charge in [0.2, 0.25) is 0 Å². The predicted molar refractivity (Wildman–Crippen MR) is 116 cm³/mol. The van der Waals surface area contributed by atoms with Crippen LogP contribution in [0.15, 0.2) is 87.3 Å². The Morgan fingerprint density at radius 1 is 1.00 bits per heavy atom. The summed E-state index contributed by atoms with van der Waals surface area (Å²) in [7, 11) is -2.63. The minimum absolute atomic E-state index is 0.00335. The van der Waals surface area contributed by atoms with Gasteiger partial charge in [-0.25, -0.2) is 5.43 Å². The summed E-state index contributed by atoms with van der Waals surface area (Å²) < 4.78 is 36.2. The lowest BCUT2D eigenvalue weighted by Crippen LogP contribution is -2.17. The minimum Gasteiger partial charge on any atom is -0.493 e. The number of rotatable bonds is 7. The molecule has 0 aromatic heterocycles. The summed E-state index contributed by atoms with van der Waals surface area (Å²) in [6.45, 7) is 0. The minimum atomic E-state index is -4.04. The summed E-state index contributed by atoms with van der Waals surface area (Å²) in [6, 6.07) is 19.3. The Kier molecular flexibility index (Phi) is 6.86. The summed E-state index contributed by atoms with van der Waals surface area (Å²) in [5.74, 6) is -0.141. The third-order valence-electron chi connectivity index (χ3n) is 3.89. The molecule has 0 fully saturated rings. The van der Waals surface area contributed by atoms with Crippen LogP contribution in [-0.2, 0) is 10.1 Å². The molecule has 1 N–H and O–H groups in total. The Morgan fingerprint density at radius 3 is 2.47 bits per heavy atom. The summed E-state index contributed by atoms with van der Waals surface area (Å²) in [6.07, 6.45) is 1.37. The zero-order valence-electron chi connectivity index (χ0n) is 15.8. The maximum atomic E-state index is 12.5. The topological polar surface area (TPSA) is 94.1 Å². The third kappa shape index (κ3) is 5.46. The first-order valence-electron chi connectivity index (χ1n) is 8.65. The molecule has 30 heavy (non-hydrogen) atoms. The van der Waals surface area contributed by atoms with Gasteiger partial charge in [0.1, 0.15) is 4.90 Å². The molecule has 3 aromatic carbocycles. The van der Waals surface area contributed by atoms with Crippen molar-refractivity contribution in [3.63, 3.8) is 0 Å². The Labute approximate surface area is 182 Å². The van der Waals surface area contributed by atoms with Gasteiger partial charge in [0.15, 0.2) is 11.5 Å². The van der Waals surface area contributed by atoms with E-state index in [0.717, 1.165) is 4.47 Å². The second kappa shape index (κ2) is 9.55. The standard InChI is InChI=1S/C21H17BrN2O5S/c1-28-19-11-10-15(14-23-24-21(25)16-6-5-7-17(22)13-16)12-20(19)29-30(26,27)18-8-3-2-4-9-18/h2-14H,1H3,(H,24,25)/b23-14-. The van der Waals surface area contributed by atoms with E-state index in [0.29, 0.717) is 11.1 Å². The highest BCUT2D eigenvalue weighted by atomic mass is 79.9. The molecule has 3 rings (SSSR count). The summed E-state index contributed by atoms with van der Waals surface area (Å²) >= 11 is 3.30. The Morgan fingerprint density at radius 2 is 1.77 bits per heavy atom. The van der Waals surface area contributed by atoms with Gasteiger partial charge < -0.3 is 8.92 Å². The van der Waals surface area contributed by atoms with Gasteiger partial charge >= 0.3 is 10.1 Å². The molecule has 0 aliphatic rings. The van der Waals surface area contributed by atoms with Crippen LogP contribution in [0.5, 0.6) is 11.5 Å². The van der Waals surface area contributed by atoms with Gasteiger partial charge in [-0.3, -0.25) is 4.79 Å². The van der Waals surface area contributed by atoms with E-state index in [9.17, 15) is 13.2 Å². The first-order chi connectivity index (χ1) is 14.4. The molecule has 0 saturated heterocycles. The van der Waals surface area contributed by atoms with Gasteiger partial charge in [0.25, 0.3) is 5.91 Å². The van der Waals surface area contributed by atoms with E-state index in [4.69, 9.17) is 8.92 Å². The van der Waals surface area contributed by atoms with E-state index in [1.54, 1.807) is 48.5 Å². The van der Waals surface area contributed by atoms with Crippen molar-refractivity contribution in [2.45, 2.75) is 4.90 Å². The number of methoxy groups -OCH3 is 1. The number of halogens is 1. The number of carbonyl (C=O) groups is 1. The Hall–Kier alpha value is -3.17. The molecular formula is C21H17BrN2O5S. The van der Waals surface area contributed by atoms with Crippen molar-refractivity contribution in [2.75, 3.05) is 7.11 Å². The first-order valence-corrected chi connectivity index (χ1v) is 10.9. The SMILES string of the molecule is COc1ccc(/C=N\NC(=O)c2cccc(Br)c2)cc1OS(=O)(=O)c1ccccc1. The van der Waals surface area contributed by atoms with Gasteiger partial charge in [-0.2, -0.15) is 13.5 Å². The van der Waals surface area contributed by atoms with Crippen molar-refractivity contribution in [1.29, 1.82) is 0 Å². The maximum Gasteiger partial charge on any atom is 0.339 e. The van der Waals surface area contributed by atoms with Crippen LogP contribution in [0.4, 0.5) is 0 Å². The molecule has 0 heterocycles. The maximum absolute atomic E-state index is 12.5. The van der Waals surface area contributed by atoms with Gasteiger partial charge in [-0.05, 0) is 54.1 Å². The average molecular weight is 489 g/mol. The number of carbonyl (C=O) groups excluding carboxylic acids is 1. The fourth-order valence-corrected chi connectivity index (χ4v) is 3.80. The van der Waals surface area contributed by atoms with E-state index < -0.39 is 10.1 Å². The van der Waals surface area contributed by atoms with E-state index in [2.05, 4.69) is 26.5 Å². The van der Waals surface area contributed by atoms with Crippen LogP contribution in [0.2, 0.25) is 0 Å². The summed E-state index contributed by atoms with van der Waals surface area (Å²) in [4.78, 5) is 12.2. The van der Waals surface area contributed by atoms with Crippen LogP contribution in [0.3, 0.4) is 0 Å². The molecule has 0 bridgehead atoms. The second-order valence-electron chi connectivity index (χ2n) is 5.97. The number of hydrogen-bond donors (Lipinski definition) is 1. The highest BCUT2D eigenvalue weighted by molar-refractivity contribution is 9.10. The van der Waals surface area contributed by atoms with Gasteiger partial charge in [0, 0.05) is 10.0 Å². The molecule has 3 aromatic rings. The Balaban J connectivity index is 1.77. The monoisotopic (exact) mass is 488 g/mol. The molecule has 0 aliphatic carbocycles. The number of hydrazone groups is 1. The molecule has 0 unspecified atom stereocenters. The molecular weight excluding hydrogens is 472 g/mol. The zero-order valence-corrected chi connectivity index (χ0v) is 18.2. The second-order valence-corrected chi connectivity index (χ2v) is 8.43. The van der Waals surface area contributed by atoms with Gasteiger partial charge in [0.05, 0.1) is 13.3 Å². The summed E-state index contributed by atoms with van der Waals surface area (Å²) in [5.41, 5.74) is 3.36. The van der Waals surface area contributed by atoms with Crippen molar-refractivity contribution in [3.8, 4) is 11.5 Å². The van der Waals surface area contributed by atoms with E-state index in [1.165, 1.54) is 31.5 Å². The summed E-state index contributed by atoms with van der Waals surface area (Å²) in [5, 5.41) is 3.91. The van der Waals surface area contributed by atoms with Crippen molar-refractivity contribution in [3.05, 3.63) is 88.4 Å². The third-order valence-corrected chi connectivity index (χ3v) is 5.63. The number of nitrogens with one attached hydrogen (secondary N) is 1. The smallest absolute Gasteiger partial charge is 0.339 e. The fraction of sp³-hybridized carbons (Fsp3) is 0.0476. The van der Waals surface area contributed by atoms with Crippen molar-refractivity contribution in [1.82, 2.24) is 5.43 Å². The molecule has 0 saturated carbocycles. The van der Waals surface area contributed by atoms with Gasteiger partial charge in [-0.1, -0.05) is 40.2 Å². The molecule has 0 radical (unpaired) electrons. The lowest BCUT2D eigenvalue weighted by atomic mass is 10.2. The van der Waals surface area contributed by atoms with Crippen LogP contribution < -0.4 is 14.3 Å². The quantitative estimate of drug-likeness (QED) is 0.308. The molecule has 154 valence electrons. The van der Waals surface area contributed by atoms with Crippen LogP contribution in [0.1, 0.15) is 15.9 Å². The van der Waals surface area contributed by atoms with Crippen LogP contribution in [0.25, 0.3) is 0 Å². The predicted octanol–water partition coefficient (Wildman–Crippen LogP) is 3.99. The largest absolute Gasteiger partial charge is 0.493 e. The van der Waals surface area contributed by atoms with Crippen LogP contribution in [-0.4, -0.2) is 27.6 Å². The number of benzene rings is 3. The number of ether oxygens (including phenoxy) is 1. The van der Waals surface area contributed by atoms with Crippen LogP contribution >= 0.6 is 15.9 Å². The average Bonchev–Trinajstić information content (AvgIpc) is 2.74. The van der Waals surface area contributed by atoms with E-state index in [1.807, 2.05) is 6.07 Å². The molecule has 1 amide bonds. The lowest BCUT2D eigenvalue weighted by molar-refractivity contribution is 0.0955. The zero-order chi connectivity index (χ0) is 21.6. The molecule has 9 heteroatoms. The molecule has 7 nitrogen and oxygen atoms in total. The highest BCUT2D eigenvalue weighted by Crippen LogP contribution is 2.30. The van der Waals surface area contributed by atoms with E-state index >= 15 is 0 Å². The van der Waals surface area contributed by atoms with Crippen molar-refractivity contribution in [2.24, 2.45) is 5.10 Å². The van der Waals surface area contributed by atoms with Gasteiger partial charge in [-0.15, -0.1) is 0 Å². The first kappa shape index (κ1) is 21.5. The molecule has 0 aliphatic heterocycles. The highest BCUT2D eigenvalue weighted by Gasteiger charge is 2.19. The van der Waals surface area contributed by atoms with Crippen LogP contribution in [0, 0.1) is 0 Å². The fourth-order valence-electron chi connectivity index (χ4n) is 2.45. The normalized spacial score (nSPS) is 11.3. The Bertz CT molecular complexity index is 1180. The van der Waals surface area contributed by atoms with Crippen molar-refractivity contribution < 1.29 is 22.1 Å². The van der Waals surface area contributed by atoms with E-state index in [-0.39, 0.29) is 22.3 Å². The number of amides is 1. The lowest BCUT2D eigenvalue weighted by Gasteiger charge is -2.11.